The van der Waals surface area contributed by atoms with Gasteiger partial charge in [0.25, 0.3) is 0 Å². The molecular formula is C5H6NO5PS2. The first kappa shape index (κ1) is 11.7. The van der Waals surface area contributed by atoms with Crippen LogP contribution in [0.2, 0.25) is 0 Å². The highest BCUT2D eigenvalue weighted by Crippen LogP contribution is 2.38. The Kier molecular flexibility index (Phi) is 3.71. The van der Waals surface area contributed by atoms with E-state index in [1.807, 2.05) is 0 Å². The summed E-state index contributed by atoms with van der Waals surface area (Å²) in [5.74, 6) is 0. The van der Waals surface area contributed by atoms with Gasteiger partial charge < -0.3 is 9.79 Å². The lowest BCUT2D eigenvalue weighted by atomic mass is 10.3. The summed E-state index contributed by atoms with van der Waals surface area (Å²) in [7, 11) is -2.53. The van der Waals surface area contributed by atoms with Gasteiger partial charge in [0.1, 0.15) is 4.86 Å². The van der Waals surface area contributed by atoms with E-state index in [1.165, 1.54) is 18.4 Å². The van der Waals surface area contributed by atoms with Crippen LogP contribution < -0.4 is 0 Å². The number of aliphatic imine (C=N–C) groups is 1. The van der Waals surface area contributed by atoms with Gasteiger partial charge in [0.2, 0.25) is 10.3 Å². The predicted octanol–water partition coefficient (Wildman–Crippen LogP) is -0.770. The van der Waals surface area contributed by atoms with Crippen molar-refractivity contribution in [1.82, 2.24) is 0 Å². The summed E-state index contributed by atoms with van der Waals surface area (Å²) in [6, 6.07) is 0. The molecule has 0 amide bonds. The van der Waals surface area contributed by atoms with Crippen LogP contribution >= 0.6 is 6.72 Å². The van der Waals surface area contributed by atoms with Crippen molar-refractivity contribution in [3.05, 3.63) is 12.2 Å². The van der Waals surface area contributed by atoms with Gasteiger partial charge in [-0.05, 0) is 24.0 Å². The molecule has 0 bridgehead atoms. The highest BCUT2D eigenvalue weighted by atomic mass is 32.5. The molecule has 0 aromatic heterocycles. The van der Waals surface area contributed by atoms with Crippen molar-refractivity contribution in [3.63, 3.8) is 0 Å². The number of allylic oxidation sites excluding steroid dienone is 1. The summed E-state index contributed by atoms with van der Waals surface area (Å²) >= 11 is 4.19. The van der Waals surface area contributed by atoms with Crippen molar-refractivity contribution < 1.29 is 22.7 Å². The van der Waals surface area contributed by atoms with Crippen molar-refractivity contribution in [1.29, 1.82) is 0 Å². The average Bonchev–Trinajstić information content (AvgIpc) is 2.01. The molecule has 0 aromatic carbocycles. The van der Waals surface area contributed by atoms with Gasteiger partial charge >= 0.3 is 6.72 Å². The highest BCUT2D eigenvalue weighted by Gasteiger charge is 2.23. The zero-order valence-electron chi connectivity index (χ0n) is 6.64. The first-order valence-corrected chi connectivity index (χ1v) is 7.00. The minimum absolute atomic E-state index is 0.190. The van der Waals surface area contributed by atoms with E-state index in [0.29, 0.717) is 0 Å². The van der Waals surface area contributed by atoms with Crippen LogP contribution in [0, 0.1) is 0 Å². The first-order chi connectivity index (χ1) is 6.40. The van der Waals surface area contributed by atoms with E-state index >= 15 is 0 Å². The standard InChI is InChI=1S/C5H6NO5PS2/c7-12(8,13)11-5-4(14(9)10)2-1-3-6-5/h1-3,5H,(H2,7,8,13). The van der Waals surface area contributed by atoms with Crippen LogP contribution in [-0.4, -0.2) is 35.5 Å². The molecule has 0 spiro atoms. The molecule has 0 aliphatic carbocycles. The topological polar surface area (TPSA) is 96.2 Å². The van der Waals surface area contributed by atoms with E-state index in [9.17, 15) is 8.42 Å². The monoisotopic (exact) mass is 255 g/mol. The third-order valence-electron chi connectivity index (χ3n) is 1.24. The minimum atomic E-state index is -3.92. The lowest BCUT2D eigenvalue weighted by Gasteiger charge is -2.16. The summed E-state index contributed by atoms with van der Waals surface area (Å²) in [5, 5.41) is 0. The van der Waals surface area contributed by atoms with Gasteiger partial charge in [0.15, 0.2) is 6.23 Å². The van der Waals surface area contributed by atoms with Crippen LogP contribution in [-0.2, 0) is 26.6 Å². The number of nitrogens with zero attached hydrogens (tertiary/aromatic N) is 1. The summed E-state index contributed by atoms with van der Waals surface area (Å²) in [6.07, 6.45) is 2.65. The van der Waals surface area contributed by atoms with E-state index in [0.717, 1.165) is 0 Å². The number of hydrogen-bond acceptors (Lipinski definition) is 5. The van der Waals surface area contributed by atoms with Crippen molar-refractivity contribution in [2.24, 2.45) is 4.99 Å². The molecule has 1 rings (SSSR count). The third kappa shape index (κ3) is 3.41. The van der Waals surface area contributed by atoms with Gasteiger partial charge in [-0.15, -0.1) is 0 Å². The zero-order valence-corrected chi connectivity index (χ0v) is 9.17. The van der Waals surface area contributed by atoms with E-state index in [-0.39, 0.29) is 4.86 Å². The Morgan fingerprint density at radius 3 is 2.71 bits per heavy atom. The van der Waals surface area contributed by atoms with E-state index < -0.39 is 23.2 Å². The zero-order chi connectivity index (χ0) is 10.8. The molecule has 1 aliphatic heterocycles. The number of rotatable bonds is 2. The molecule has 0 aromatic rings. The fourth-order valence-corrected chi connectivity index (χ4v) is 1.98. The second kappa shape index (κ2) is 4.43. The molecule has 1 aliphatic rings. The molecule has 6 nitrogen and oxygen atoms in total. The van der Waals surface area contributed by atoms with Crippen LogP contribution in [0.15, 0.2) is 17.1 Å². The fraction of sp³-hybridized carbons (Fsp3) is 0.200. The van der Waals surface area contributed by atoms with Crippen LogP contribution in [0.3, 0.4) is 0 Å². The number of hydrogen-bond donors (Lipinski definition) is 2. The van der Waals surface area contributed by atoms with Gasteiger partial charge in [-0.2, -0.15) is 8.42 Å². The Balaban J connectivity index is 3.00. The van der Waals surface area contributed by atoms with E-state index in [1.54, 1.807) is 0 Å². The van der Waals surface area contributed by atoms with Crippen molar-refractivity contribution >= 4 is 39.9 Å². The molecular weight excluding hydrogens is 249 g/mol. The Hall–Kier alpha value is -0.370. The van der Waals surface area contributed by atoms with E-state index in [4.69, 9.17) is 9.79 Å². The minimum Gasteiger partial charge on any atom is -0.324 e. The van der Waals surface area contributed by atoms with Crippen molar-refractivity contribution in [2.75, 3.05) is 0 Å². The maximum Gasteiger partial charge on any atom is 0.324 e. The quantitative estimate of drug-likeness (QED) is 0.497. The van der Waals surface area contributed by atoms with Crippen molar-refractivity contribution in [3.8, 4) is 0 Å². The molecule has 0 radical (unpaired) electrons. The predicted molar refractivity (Wildman–Crippen MR) is 55.2 cm³/mol. The maximum absolute atomic E-state index is 10.6. The number of dihydropyridines is 1. The second-order valence-corrected chi connectivity index (χ2v) is 5.80. The molecule has 0 fully saturated rings. The summed E-state index contributed by atoms with van der Waals surface area (Å²) in [5.41, 5.74) is 0. The van der Waals surface area contributed by atoms with Gasteiger partial charge in [-0.1, -0.05) is 0 Å². The van der Waals surface area contributed by atoms with Crippen LogP contribution in [0.1, 0.15) is 0 Å². The van der Waals surface area contributed by atoms with Gasteiger partial charge in [0.05, 0.1) is 0 Å². The Morgan fingerprint density at radius 1 is 1.57 bits per heavy atom. The van der Waals surface area contributed by atoms with Crippen LogP contribution in [0.5, 0.6) is 0 Å². The molecule has 0 saturated carbocycles. The van der Waals surface area contributed by atoms with E-state index in [2.05, 4.69) is 21.3 Å². The third-order valence-corrected chi connectivity index (χ3v) is 2.70. The maximum atomic E-state index is 10.6. The summed E-state index contributed by atoms with van der Waals surface area (Å²) in [6.45, 7) is -3.92. The van der Waals surface area contributed by atoms with Gasteiger partial charge in [-0.25, -0.2) is 0 Å². The fourth-order valence-electron chi connectivity index (χ4n) is 0.769. The second-order valence-electron chi connectivity index (χ2n) is 2.24. The van der Waals surface area contributed by atoms with Gasteiger partial charge in [-0.3, -0.25) is 9.52 Å². The SMILES string of the molecule is O=S(=O)=C1C=CC=NC1OP(O)(O)=S. The molecule has 78 valence electrons. The molecule has 1 heterocycles. The molecule has 2 N–H and O–H groups in total. The largest absolute Gasteiger partial charge is 0.324 e. The van der Waals surface area contributed by atoms with Crippen LogP contribution in [0.25, 0.3) is 0 Å². The molecule has 0 saturated heterocycles. The lowest BCUT2D eigenvalue weighted by molar-refractivity contribution is 0.226. The summed E-state index contributed by atoms with van der Waals surface area (Å²) < 4.78 is 25.8. The lowest BCUT2D eigenvalue weighted by Crippen LogP contribution is -2.22. The molecule has 1 unspecified atom stereocenters. The first-order valence-electron chi connectivity index (χ1n) is 3.30. The smallest absolute Gasteiger partial charge is 0.324 e. The van der Waals surface area contributed by atoms with Gasteiger partial charge in [0, 0.05) is 6.21 Å². The Labute approximate surface area is 86.3 Å². The molecule has 9 heteroatoms. The molecule has 14 heavy (non-hydrogen) atoms. The Bertz CT molecular complexity index is 451. The highest BCUT2D eigenvalue weighted by molar-refractivity contribution is 8.06. The molecule has 1 atom stereocenters. The Morgan fingerprint density at radius 2 is 2.21 bits per heavy atom. The summed E-state index contributed by atoms with van der Waals surface area (Å²) in [4.78, 5) is 21.0. The average molecular weight is 255 g/mol. The normalized spacial score (nSPS) is 21.3. The van der Waals surface area contributed by atoms with Crippen LogP contribution in [0.4, 0.5) is 0 Å². The van der Waals surface area contributed by atoms with Crippen molar-refractivity contribution in [2.45, 2.75) is 6.23 Å².